The van der Waals surface area contributed by atoms with Crippen LogP contribution in [0.1, 0.15) is 50.0 Å². The van der Waals surface area contributed by atoms with Gasteiger partial charge in [-0.1, -0.05) is 25.4 Å². The van der Waals surface area contributed by atoms with Gasteiger partial charge in [0.25, 0.3) is 5.56 Å². The molecule has 27 heavy (non-hydrogen) atoms. The number of nitrogens with zero attached hydrogens (tertiary/aromatic N) is 5. The molecule has 1 amide bonds. The minimum absolute atomic E-state index is 0.0436. The summed E-state index contributed by atoms with van der Waals surface area (Å²) in [6.45, 7) is 3.74. The fourth-order valence-electron chi connectivity index (χ4n) is 2.91. The summed E-state index contributed by atoms with van der Waals surface area (Å²) >= 11 is 6.04. The van der Waals surface area contributed by atoms with Gasteiger partial charge in [-0.2, -0.15) is 10.2 Å². The van der Waals surface area contributed by atoms with Crippen LogP contribution >= 0.6 is 11.6 Å². The molecule has 1 saturated carbocycles. The highest BCUT2D eigenvalue weighted by Crippen LogP contribution is 2.39. The molecule has 140 valence electrons. The van der Waals surface area contributed by atoms with Crippen LogP contribution in [0.4, 0.5) is 5.69 Å². The van der Waals surface area contributed by atoms with Crippen LogP contribution in [0.25, 0.3) is 5.52 Å². The molecule has 0 spiro atoms. The number of fused-ring (bicyclic) bond motifs is 1. The summed E-state index contributed by atoms with van der Waals surface area (Å²) in [5.74, 6) is 0.708. The van der Waals surface area contributed by atoms with Crippen LogP contribution in [-0.2, 0) is 11.3 Å². The summed E-state index contributed by atoms with van der Waals surface area (Å²) in [5, 5.41) is 12.0. The van der Waals surface area contributed by atoms with E-state index in [9.17, 15) is 9.59 Å². The molecule has 3 aromatic heterocycles. The van der Waals surface area contributed by atoms with Gasteiger partial charge in [-0.05, 0) is 25.0 Å². The van der Waals surface area contributed by atoms with Gasteiger partial charge in [-0.15, -0.1) is 0 Å². The molecule has 1 fully saturated rings. The lowest BCUT2D eigenvalue weighted by molar-refractivity contribution is -0.117. The molecule has 0 bridgehead atoms. The van der Waals surface area contributed by atoms with E-state index in [-0.39, 0.29) is 18.0 Å². The topological polar surface area (TPSA) is 94.2 Å². The van der Waals surface area contributed by atoms with Crippen LogP contribution in [0.3, 0.4) is 0 Å². The zero-order valence-electron chi connectivity index (χ0n) is 15.0. The lowest BCUT2D eigenvalue weighted by Crippen LogP contribution is -2.32. The second-order valence-electron chi connectivity index (χ2n) is 7.02. The van der Waals surface area contributed by atoms with Gasteiger partial charge in [0.15, 0.2) is 5.82 Å². The zero-order chi connectivity index (χ0) is 19.1. The Morgan fingerprint density at radius 3 is 2.81 bits per heavy atom. The van der Waals surface area contributed by atoms with Crippen molar-refractivity contribution in [1.82, 2.24) is 24.4 Å². The second-order valence-corrected chi connectivity index (χ2v) is 7.43. The first-order chi connectivity index (χ1) is 12.9. The molecule has 0 aliphatic heterocycles. The number of anilines is 1. The van der Waals surface area contributed by atoms with Gasteiger partial charge >= 0.3 is 0 Å². The Labute approximate surface area is 160 Å². The van der Waals surface area contributed by atoms with Crippen molar-refractivity contribution in [1.29, 1.82) is 0 Å². The maximum atomic E-state index is 12.8. The first-order valence-corrected chi connectivity index (χ1v) is 9.22. The number of hydrogen-bond donors (Lipinski definition) is 1. The normalized spacial score (nSPS) is 14.1. The highest BCUT2D eigenvalue weighted by atomic mass is 35.5. The number of carbonyl (C=O) groups excluding carboxylic acids is 1. The molecule has 1 N–H and O–H groups in total. The van der Waals surface area contributed by atoms with E-state index in [0.29, 0.717) is 28.0 Å². The summed E-state index contributed by atoms with van der Waals surface area (Å²) < 4.78 is 2.80. The summed E-state index contributed by atoms with van der Waals surface area (Å²) in [5.41, 5.74) is 1.41. The maximum Gasteiger partial charge on any atom is 0.293 e. The van der Waals surface area contributed by atoms with Gasteiger partial charge in [0, 0.05) is 18.0 Å². The summed E-state index contributed by atoms with van der Waals surface area (Å²) in [6.07, 6.45) is 5.18. The summed E-state index contributed by atoms with van der Waals surface area (Å²) in [4.78, 5) is 29.2. The van der Waals surface area contributed by atoms with Gasteiger partial charge < -0.3 is 5.32 Å². The smallest absolute Gasteiger partial charge is 0.293 e. The zero-order valence-corrected chi connectivity index (χ0v) is 15.8. The molecule has 0 saturated heterocycles. The predicted octanol–water partition coefficient (Wildman–Crippen LogP) is 2.58. The molecule has 0 atom stereocenters. The molecule has 1 aliphatic carbocycles. The average molecular weight is 387 g/mol. The first kappa shape index (κ1) is 17.7. The number of amides is 1. The number of halogens is 1. The van der Waals surface area contributed by atoms with E-state index < -0.39 is 5.91 Å². The number of nitrogens with one attached hydrogen (secondary N) is 1. The maximum absolute atomic E-state index is 12.8. The molecule has 0 aromatic carbocycles. The molecule has 8 nitrogen and oxygen atoms in total. The van der Waals surface area contributed by atoms with Crippen molar-refractivity contribution in [2.75, 3.05) is 5.32 Å². The fourth-order valence-corrected chi connectivity index (χ4v) is 3.06. The van der Waals surface area contributed by atoms with Crippen molar-refractivity contribution in [3.8, 4) is 0 Å². The largest absolute Gasteiger partial charge is 0.322 e. The van der Waals surface area contributed by atoms with Crippen molar-refractivity contribution >= 4 is 28.7 Å². The van der Waals surface area contributed by atoms with Gasteiger partial charge in [0.05, 0.1) is 22.6 Å². The van der Waals surface area contributed by atoms with Gasteiger partial charge in [-0.25, -0.2) is 9.20 Å². The number of carbonyl (C=O) groups is 1. The number of rotatable bonds is 5. The van der Waals surface area contributed by atoms with Crippen LogP contribution in [0.2, 0.25) is 5.02 Å². The summed E-state index contributed by atoms with van der Waals surface area (Å²) in [6, 6.07) is 3.40. The van der Waals surface area contributed by atoms with E-state index in [1.807, 2.05) is 19.9 Å². The third kappa shape index (κ3) is 3.44. The molecule has 3 heterocycles. The van der Waals surface area contributed by atoms with Crippen LogP contribution in [0, 0.1) is 0 Å². The Morgan fingerprint density at radius 1 is 1.37 bits per heavy atom. The Balaban J connectivity index is 1.68. The second kappa shape index (κ2) is 6.77. The van der Waals surface area contributed by atoms with Crippen LogP contribution < -0.4 is 10.9 Å². The average Bonchev–Trinajstić information content (AvgIpc) is 3.38. The highest BCUT2D eigenvalue weighted by Gasteiger charge is 2.28. The van der Waals surface area contributed by atoms with Gasteiger partial charge in [0.1, 0.15) is 12.1 Å². The van der Waals surface area contributed by atoms with Crippen molar-refractivity contribution in [3.05, 3.63) is 51.4 Å². The third-order valence-corrected chi connectivity index (χ3v) is 4.80. The Bertz CT molecular complexity index is 1080. The van der Waals surface area contributed by atoms with E-state index in [4.69, 9.17) is 11.6 Å². The minimum atomic E-state index is -0.402. The van der Waals surface area contributed by atoms with Crippen molar-refractivity contribution in [2.24, 2.45) is 0 Å². The molecule has 1 aliphatic rings. The Morgan fingerprint density at radius 2 is 2.15 bits per heavy atom. The van der Waals surface area contributed by atoms with E-state index in [0.717, 1.165) is 18.5 Å². The Hall–Kier alpha value is -2.74. The van der Waals surface area contributed by atoms with Crippen LogP contribution in [0.5, 0.6) is 0 Å². The van der Waals surface area contributed by atoms with E-state index in [1.165, 1.54) is 17.1 Å². The van der Waals surface area contributed by atoms with E-state index in [1.54, 1.807) is 10.6 Å². The standard InChI is InChI=1S/C18H19ClN6O2/c1-10(2)17-23-24(9-16(26)21-14-8-20-6-5-12(14)19)18(27)15-7-13(11-3-4-11)22-25(15)17/h5-8,10-11H,3-4,9H2,1-2H3,(H,21,26). The van der Waals surface area contributed by atoms with Crippen molar-refractivity contribution in [3.63, 3.8) is 0 Å². The SMILES string of the molecule is CC(C)c1nn(CC(=O)Nc2cnccc2Cl)c(=O)c2cc(C3CC3)nn12. The quantitative estimate of drug-likeness (QED) is 0.727. The van der Waals surface area contributed by atoms with E-state index in [2.05, 4.69) is 20.5 Å². The Kier molecular flexibility index (Phi) is 4.43. The molecule has 0 unspecified atom stereocenters. The number of pyridine rings is 1. The van der Waals surface area contributed by atoms with Crippen molar-refractivity contribution in [2.45, 2.75) is 45.1 Å². The van der Waals surface area contributed by atoms with E-state index >= 15 is 0 Å². The minimum Gasteiger partial charge on any atom is -0.322 e. The number of aromatic nitrogens is 5. The van der Waals surface area contributed by atoms with Crippen LogP contribution in [0.15, 0.2) is 29.3 Å². The monoisotopic (exact) mass is 386 g/mol. The molecule has 9 heteroatoms. The van der Waals surface area contributed by atoms with Gasteiger partial charge in [-0.3, -0.25) is 14.6 Å². The van der Waals surface area contributed by atoms with Crippen LogP contribution in [-0.4, -0.2) is 30.3 Å². The predicted molar refractivity (Wildman–Crippen MR) is 101 cm³/mol. The molecule has 3 aromatic rings. The van der Waals surface area contributed by atoms with Crippen molar-refractivity contribution < 1.29 is 4.79 Å². The molecular weight excluding hydrogens is 368 g/mol. The summed E-state index contributed by atoms with van der Waals surface area (Å²) in [7, 11) is 0. The molecule has 0 radical (unpaired) electrons. The third-order valence-electron chi connectivity index (χ3n) is 4.47. The molecular formula is C18H19ClN6O2. The number of hydrogen-bond acceptors (Lipinski definition) is 5. The van der Waals surface area contributed by atoms with Gasteiger partial charge in [0.2, 0.25) is 5.91 Å². The molecule has 4 rings (SSSR count). The fraction of sp³-hybridized carbons (Fsp3) is 0.389. The lowest BCUT2D eigenvalue weighted by atomic mass is 10.2. The lowest BCUT2D eigenvalue weighted by Gasteiger charge is -2.12. The first-order valence-electron chi connectivity index (χ1n) is 8.84. The highest BCUT2D eigenvalue weighted by molar-refractivity contribution is 6.33.